The van der Waals surface area contributed by atoms with Gasteiger partial charge in [0.05, 0.1) is 16.2 Å². The zero-order chi connectivity index (χ0) is 21.5. The Balaban J connectivity index is 2.09. The van der Waals surface area contributed by atoms with Crippen LogP contribution in [0.5, 0.6) is 0 Å². The number of carboxylic acids is 2. The average Bonchev–Trinajstić information content (AvgIpc) is 3.06. The Labute approximate surface area is 176 Å². The van der Waals surface area contributed by atoms with E-state index in [-0.39, 0.29) is 27.1 Å². The van der Waals surface area contributed by atoms with Crippen molar-refractivity contribution in [2.45, 2.75) is 26.3 Å². The highest BCUT2D eigenvalue weighted by Gasteiger charge is 2.46. The lowest BCUT2D eigenvalue weighted by molar-refractivity contribution is -0.145. The van der Waals surface area contributed by atoms with Crippen LogP contribution in [0.2, 0.25) is 0 Å². The van der Waals surface area contributed by atoms with Gasteiger partial charge >= 0.3 is 11.9 Å². The van der Waals surface area contributed by atoms with Crippen LogP contribution in [0.1, 0.15) is 25.8 Å². The Kier molecular flexibility index (Phi) is 5.76. The van der Waals surface area contributed by atoms with Gasteiger partial charge in [-0.2, -0.15) is 0 Å². The Bertz CT molecular complexity index is 971. The highest BCUT2D eigenvalue weighted by molar-refractivity contribution is 8.26. The molecule has 2 aliphatic heterocycles. The van der Waals surface area contributed by atoms with E-state index in [1.165, 1.54) is 0 Å². The lowest BCUT2D eigenvalue weighted by atomic mass is 10.0. The molecule has 2 aliphatic rings. The van der Waals surface area contributed by atoms with E-state index in [1.54, 1.807) is 24.3 Å². The van der Waals surface area contributed by atoms with Gasteiger partial charge in [-0.15, -0.1) is 0 Å². The Morgan fingerprint density at radius 1 is 1.14 bits per heavy atom. The number of nitrogens with zero attached hydrogens (tertiary/aromatic N) is 2. The summed E-state index contributed by atoms with van der Waals surface area (Å²) in [5.41, 5.74) is 0.863. The number of thioether (sulfide) groups is 1. The SMILES string of the molecule is CC(C)CC(C(=O)O)N1C(=O)/C(=C2/C(=O)N(CC(=O)O)c3ccccc32)SC1=S. The van der Waals surface area contributed by atoms with Gasteiger partial charge in [0, 0.05) is 5.56 Å². The molecule has 1 saturated heterocycles. The van der Waals surface area contributed by atoms with E-state index in [0.29, 0.717) is 11.3 Å². The largest absolute Gasteiger partial charge is 0.480 e. The van der Waals surface area contributed by atoms with Crippen LogP contribution >= 0.6 is 24.0 Å². The maximum atomic E-state index is 13.1. The first-order chi connectivity index (χ1) is 13.6. The van der Waals surface area contributed by atoms with Crippen molar-refractivity contribution in [1.29, 1.82) is 0 Å². The summed E-state index contributed by atoms with van der Waals surface area (Å²) in [6.07, 6.45) is 0.208. The number of carboxylic acid groups (broad SMARTS) is 2. The average molecular weight is 434 g/mol. The number of aliphatic carboxylic acids is 2. The summed E-state index contributed by atoms with van der Waals surface area (Å²) in [6.45, 7) is 3.13. The fourth-order valence-corrected chi connectivity index (χ4v) is 4.78. The second-order valence-electron chi connectivity index (χ2n) is 7.03. The van der Waals surface area contributed by atoms with Gasteiger partial charge < -0.3 is 10.2 Å². The minimum atomic E-state index is -1.19. The quantitative estimate of drug-likeness (QED) is 0.517. The van der Waals surface area contributed by atoms with Crippen molar-refractivity contribution in [3.63, 3.8) is 0 Å². The number of amides is 2. The van der Waals surface area contributed by atoms with Crippen LogP contribution < -0.4 is 4.90 Å². The van der Waals surface area contributed by atoms with Crippen LogP contribution in [0.25, 0.3) is 5.57 Å². The third-order valence-corrected chi connectivity index (χ3v) is 5.94. The van der Waals surface area contributed by atoms with Gasteiger partial charge in [0.2, 0.25) is 0 Å². The number of hydrogen-bond donors (Lipinski definition) is 2. The molecule has 2 N–H and O–H groups in total. The smallest absolute Gasteiger partial charge is 0.326 e. The van der Waals surface area contributed by atoms with Crippen LogP contribution in [-0.4, -0.2) is 55.8 Å². The highest BCUT2D eigenvalue weighted by Crippen LogP contribution is 2.45. The van der Waals surface area contributed by atoms with Gasteiger partial charge in [-0.05, 0) is 18.4 Å². The molecule has 2 heterocycles. The van der Waals surface area contributed by atoms with E-state index in [1.807, 2.05) is 13.8 Å². The summed E-state index contributed by atoms with van der Waals surface area (Å²) in [5, 5.41) is 18.7. The Morgan fingerprint density at radius 3 is 2.38 bits per heavy atom. The van der Waals surface area contributed by atoms with Gasteiger partial charge in [0.1, 0.15) is 16.9 Å². The van der Waals surface area contributed by atoms with Crippen molar-refractivity contribution in [2.75, 3.05) is 11.4 Å². The van der Waals surface area contributed by atoms with Gasteiger partial charge in [-0.25, -0.2) is 4.79 Å². The fourth-order valence-electron chi connectivity index (χ4n) is 3.35. The summed E-state index contributed by atoms with van der Waals surface area (Å²) in [6, 6.07) is 5.43. The molecule has 2 amide bonds. The summed E-state index contributed by atoms with van der Waals surface area (Å²) in [7, 11) is 0. The lowest BCUT2D eigenvalue weighted by Crippen LogP contribution is -2.44. The van der Waals surface area contributed by atoms with Gasteiger partial charge in [0.25, 0.3) is 11.8 Å². The van der Waals surface area contributed by atoms with E-state index in [9.17, 15) is 24.3 Å². The normalized spacial score (nSPS) is 19.9. The lowest BCUT2D eigenvalue weighted by Gasteiger charge is -2.24. The number of anilines is 1. The van der Waals surface area contributed by atoms with Crippen LogP contribution in [0.15, 0.2) is 29.2 Å². The molecule has 0 spiro atoms. The van der Waals surface area contributed by atoms with Crippen molar-refractivity contribution in [3.8, 4) is 0 Å². The summed E-state index contributed by atoms with van der Waals surface area (Å²) in [5.74, 6) is -3.63. The fraction of sp³-hybridized carbons (Fsp3) is 0.316. The van der Waals surface area contributed by atoms with E-state index < -0.39 is 36.3 Å². The molecule has 0 saturated carbocycles. The van der Waals surface area contributed by atoms with E-state index in [0.717, 1.165) is 21.6 Å². The molecule has 0 bridgehead atoms. The zero-order valence-corrected chi connectivity index (χ0v) is 17.2. The maximum Gasteiger partial charge on any atom is 0.326 e. The van der Waals surface area contributed by atoms with E-state index in [4.69, 9.17) is 17.3 Å². The van der Waals surface area contributed by atoms with E-state index in [2.05, 4.69) is 0 Å². The molecular formula is C19H18N2O6S2. The monoisotopic (exact) mass is 434 g/mol. The molecule has 0 radical (unpaired) electrons. The maximum absolute atomic E-state index is 13.1. The standard InChI is InChI=1S/C19H18N2O6S2/c1-9(2)7-12(18(26)27)21-17(25)15(29-19(21)28)14-10-5-3-4-6-11(10)20(16(14)24)8-13(22)23/h3-6,9,12H,7-8H2,1-2H3,(H,22,23)(H,26,27)/b15-14-. The summed E-state index contributed by atoms with van der Waals surface area (Å²) >= 11 is 6.14. The molecule has 0 aromatic heterocycles. The van der Waals surface area contributed by atoms with E-state index >= 15 is 0 Å². The summed E-state index contributed by atoms with van der Waals surface area (Å²) in [4.78, 5) is 51.2. The van der Waals surface area contributed by atoms with Crippen molar-refractivity contribution in [3.05, 3.63) is 34.7 Å². The van der Waals surface area contributed by atoms with Gasteiger partial charge in [-0.1, -0.05) is 56.0 Å². The molecule has 3 rings (SSSR count). The summed E-state index contributed by atoms with van der Waals surface area (Å²) < 4.78 is 0.0625. The first-order valence-electron chi connectivity index (χ1n) is 8.79. The Morgan fingerprint density at radius 2 is 1.79 bits per heavy atom. The van der Waals surface area contributed by atoms with Crippen LogP contribution in [0, 0.1) is 5.92 Å². The predicted molar refractivity (Wildman–Crippen MR) is 111 cm³/mol. The van der Waals surface area contributed by atoms with Gasteiger partial charge in [-0.3, -0.25) is 24.2 Å². The molecule has 152 valence electrons. The molecule has 8 nitrogen and oxygen atoms in total. The molecule has 1 unspecified atom stereocenters. The molecule has 0 aliphatic carbocycles. The van der Waals surface area contributed by atoms with Crippen LogP contribution in [0.4, 0.5) is 5.69 Å². The minimum absolute atomic E-state index is 0.00768. The second-order valence-corrected chi connectivity index (χ2v) is 8.68. The highest BCUT2D eigenvalue weighted by atomic mass is 32.2. The van der Waals surface area contributed by atoms with Crippen molar-refractivity contribution < 1.29 is 29.4 Å². The van der Waals surface area contributed by atoms with Crippen molar-refractivity contribution in [1.82, 2.24) is 4.90 Å². The Hall–Kier alpha value is -2.72. The number of thiocarbonyl (C=S) groups is 1. The third-order valence-electron chi connectivity index (χ3n) is 4.53. The minimum Gasteiger partial charge on any atom is -0.480 e. The molecule has 1 atom stereocenters. The zero-order valence-electron chi connectivity index (χ0n) is 15.6. The van der Waals surface area contributed by atoms with Crippen molar-refractivity contribution in [2.24, 2.45) is 5.92 Å². The predicted octanol–water partition coefficient (Wildman–Crippen LogP) is 2.19. The molecule has 1 fully saturated rings. The number of carbonyl (C=O) groups excluding carboxylic acids is 2. The molecule has 10 heteroatoms. The van der Waals surface area contributed by atoms with Crippen LogP contribution in [-0.2, 0) is 19.2 Å². The third kappa shape index (κ3) is 3.77. The molecule has 29 heavy (non-hydrogen) atoms. The number of hydrogen-bond acceptors (Lipinski definition) is 6. The number of rotatable bonds is 6. The second kappa shape index (κ2) is 7.96. The first kappa shape index (κ1) is 21.0. The number of fused-ring (bicyclic) bond motifs is 1. The topological polar surface area (TPSA) is 115 Å². The number of carbonyl (C=O) groups is 4. The molecular weight excluding hydrogens is 416 g/mol. The first-order valence-corrected chi connectivity index (χ1v) is 10.0. The molecule has 1 aromatic rings. The number of benzene rings is 1. The van der Waals surface area contributed by atoms with Crippen LogP contribution in [0.3, 0.4) is 0 Å². The molecule has 1 aromatic carbocycles. The number of para-hydroxylation sites is 1. The van der Waals surface area contributed by atoms with Crippen molar-refractivity contribution >= 4 is 63.3 Å². The van der Waals surface area contributed by atoms with Gasteiger partial charge in [0.15, 0.2) is 0 Å².